The van der Waals surface area contributed by atoms with Gasteiger partial charge in [0.2, 0.25) is 0 Å². The molecule has 20 rings (SSSR count). The van der Waals surface area contributed by atoms with Crippen molar-refractivity contribution in [2.24, 2.45) is 63.6 Å². The number of esters is 1. The van der Waals surface area contributed by atoms with Gasteiger partial charge in [-0.05, 0) is 236 Å². The molecule has 3 aromatic carbocycles. The normalized spacial score (nSPS) is 35.9. The average Bonchev–Trinajstić information content (AvgIpc) is 1.40. The van der Waals surface area contributed by atoms with Crippen LogP contribution in [0.3, 0.4) is 0 Å². The van der Waals surface area contributed by atoms with Crippen molar-refractivity contribution >= 4 is 33.8 Å². The van der Waals surface area contributed by atoms with Crippen LogP contribution in [0.1, 0.15) is 145 Å². The first-order valence-electron chi connectivity index (χ1n) is 32.4. The van der Waals surface area contributed by atoms with Crippen LogP contribution >= 0.6 is 0 Å². The molecule has 2 saturated heterocycles. The molecule has 0 bridgehead atoms. The van der Waals surface area contributed by atoms with Gasteiger partial charge in [-0.3, -0.25) is 4.79 Å². The topological polar surface area (TPSA) is 81.7 Å². The number of hydrogen-bond donors (Lipinski definition) is 0. The van der Waals surface area contributed by atoms with Crippen molar-refractivity contribution in [3.05, 3.63) is 143 Å². The van der Waals surface area contributed by atoms with Crippen molar-refractivity contribution in [2.75, 3.05) is 66.1 Å². The molecule has 8 heteroatoms. The molecule has 0 amide bonds. The molecule has 2 aliphatic heterocycles. The van der Waals surface area contributed by atoms with Gasteiger partial charge in [-0.1, -0.05) is 55.3 Å². The highest BCUT2D eigenvalue weighted by atomic mass is 16.5. The highest BCUT2D eigenvalue weighted by Crippen LogP contribution is 2.95. The molecule has 420 valence electrons. The maximum Gasteiger partial charge on any atom is 0.306 e. The van der Waals surface area contributed by atoms with E-state index in [2.05, 4.69) is 58.0 Å². The Kier molecular flexibility index (Phi) is 9.36. The summed E-state index contributed by atoms with van der Waals surface area (Å²) in [7, 11) is 0. The van der Waals surface area contributed by atoms with Crippen LogP contribution in [0.5, 0.6) is 11.5 Å². The lowest BCUT2D eigenvalue weighted by Gasteiger charge is -2.45. The highest BCUT2D eigenvalue weighted by Gasteiger charge is 2.94. The number of carbonyl (C=O) groups excluding carboxylic acids is 1. The van der Waals surface area contributed by atoms with Crippen molar-refractivity contribution in [1.29, 1.82) is 0 Å². The molecule has 0 N–H and O–H groups in total. The second-order valence-corrected chi connectivity index (χ2v) is 29.7. The van der Waals surface area contributed by atoms with Gasteiger partial charge < -0.3 is 33.2 Å². The molecule has 11 atom stereocenters. The summed E-state index contributed by atoms with van der Waals surface area (Å²) in [5, 5.41) is 3.44. The Morgan fingerprint density at radius 3 is 1.90 bits per heavy atom. The van der Waals surface area contributed by atoms with E-state index in [-0.39, 0.29) is 39.7 Å². The van der Waals surface area contributed by atoms with E-state index in [1.54, 1.807) is 71.7 Å². The Morgan fingerprint density at radius 2 is 1.23 bits per heavy atom. The third kappa shape index (κ3) is 5.27. The molecule has 17 aliphatic rings. The molecule has 2 spiro atoms. The summed E-state index contributed by atoms with van der Waals surface area (Å²) in [5.74, 6) is 7.32. The Balaban J connectivity index is 0.653. The van der Waals surface area contributed by atoms with E-state index < -0.39 is 0 Å². The molecule has 15 aliphatic carbocycles. The molecule has 82 heavy (non-hydrogen) atoms. The van der Waals surface area contributed by atoms with Gasteiger partial charge in [0.15, 0.2) is 0 Å². The van der Waals surface area contributed by atoms with Gasteiger partial charge in [0.25, 0.3) is 0 Å². The van der Waals surface area contributed by atoms with Crippen LogP contribution in [-0.2, 0) is 45.9 Å². The minimum Gasteiger partial charge on any atom is -0.493 e. The predicted molar refractivity (Wildman–Crippen MR) is 313 cm³/mol. The predicted octanol–water partition coefficient (Wildman–Crippen LogP) is 12.2. The van der Waals surface area contributed by atoms with Gasteiger partial charge in [0, 0.05) is 77.5 Å². The third-order valence-electron chi connectivity index (χ3n) is 25.9. The molecule has 0 radical (unpaired) electrons. The lowest BCUT2D eigenvalue weighted by Crippen LogP contribution is -2.43. The summed E-state index contributed by atoms with van der Waals surface area (Å²) >= 11 is 0. The average molecular weight is 1090 g/mol. The van der Waals surface area contributed by atoms with Crippen LogP contribution in [0, 0.1) is 63.6 Å². The van der Waals surface area contributed by atoms with Gasteiger partial charge in [0.1, 0.15) is 18.1 Å². The molecule has 3 aromatic rings. The molecule has 8 nitrogen and oxygen atoms in total. The van der Waals surface area contributed by atoms with E-state index in [4.69, 9.17) is 33.2 Å². The van der Waals surface area contributed by atoms with Gasteiger partial charge in [-0.25, -0.2) is 0 Å². The lowest BCUT2D eigenvalue weighted by atomic mass is 9.58. The van der Waals surface area contributed by atoms with Crippen LogP contribution in [0.15, 0.2) is 98.7 Å². The fraction of sp³-hybridized carbons (Fsp3) is 0.554. The van der Waals surface area contributed by atoms with Crippen molar-refractivity contribution in [1.82, 2.24) is 0 Å². The minimum absolute atomic E-state index is 0.121. The van der Waals surface area contributed by atoms with Gasteiger partial charge >= 0.3 is 5.97 Å². The summed E-state index contributed by atoms with van der Waals surface area (Å²) in [4.78, 5) is 14.6. The Hall–Kier alpha value is -5.25. The van der Waals surface area contributed by atoms with Crippen LogP contribution in [0.4, 0.5) is 0 Å². The second kappa shape index (κ2) is 16.0. The van der Waals surface area contributed by atoms with E-state index in [0.717, 1.165) is 99.6 Å². The number of fused-ring (bicyclic) bond motifs is 3. The Bertz CT molecular complexity index is 3860. The maximum absolute atomic E-state index is 14.6. The summed E-state index contributed by atoms with van der Waals surface area (Å²) in [5.41, 5.74) is 34.1. The molecule has 7 fully saturated rings. The van der Waals surface area contributed by atoms with Crippen LogP contribution in [0.25, 0.3) is 27.9 Å². The number of allylic oxidation sites excluding steroid dienone is 12. The fourth-order valence-corrected chi connectivity index (χ4v) is 23.7. The zero-order valence-electron chi connectivity index (χ0n) is 48.5. The van der Waals surface area contributed by atoms with E-state index in [1.807, 2.05) is 57.2 Å². The van der Waals surface area contributed by atoms with Gasteiger partial charge in [0.05, 0.1) is 52.9 Å². The Morgan fingerprint density at radius 1 is 0.598 bits per heavy atom. The maximum atomic E-state index is 14.6. The smallest absolute Gasteiger partial charge is 0.306 e. The van der Waals surface area contributed by atoms with E-state index in [0.29, 0.717) is 69.4 Å². The Labute approximate surface area is 481 Å². The van der Waals surface area contributed by atoms with E-state index >= 15 is 0 Å². The fourth-order valence-electron chi connectivity index (χ4n) is 23.7. The molecule has 0 aromatic heterocycles. The number of benzene rings is 3. The number of rotatable bonds is 21. The van der Waals surface area contributed by atoms with Crippen molar-refractivity contribution in [3.63, 3.8) is 0 Å². The minimum atomic E-state index is -0.241. The zero-order chi connectivity index (χ0) is 54.1. The standard InChI is InChI=1S/C74H76O8/c1-37-43-14-16-49-47-20-18-45-46-19-21-48-50-17-15-44-38(2)74-69-59(44)57(50)62-55(48)53(46)60-52(45)54(47)61-56(49)58(43)68(66-64(61)63(60)65(62)67(66)69)73(37,74)72(74,40-11-6-5-7-12-40)22-8-13-51(75)82-30-39-27-41(80-25-9-23-76-31-70(3)33-78-34-70)29-42(28-39)81-26-10-24-77-32-71(4)35-79-36-71/h5-7,11-12,27-29,45-47,49,52-54,56H,8-10,13-26,30-36H2,1-4H3. The van der Waals surface area contributed by atoms with Gasteiger partial charge in [-0.2, -0.15) is 0 Å². The lowest BCUT2D eigenvalue weighted by molar-refractivity contribution is -0.145. The molecule has 11 unspecified atom stereocenters. The molecular formula is C74H76O8. The first-order valence-corrected chi connectivity index (χ1v) is 32.4. The summed E-state index contributed by atoms with van der Waals surface area (Å²) < 4.78 is 42.0. The first-order chi connectivity index (χ1) is 40.1. The zero-order valence-corrected chi connectivity index (χ0v) is 48.5. The van der Waals surface area contributed by atoms with Crippen molar-refractivity contribution in [2.45, 2.75) is 129 Å². The number of ether oxygens (including phenoxy) is 7. The second-order valence-electron chi connectivity index (χ2n) is 29.7. The van der Waals surface area contributed by atoms with Crippen LogP contribution in [-0.4, -0.2) is 72.0 Å². The molecule has 5 saturated carbocycles. The van der Waals surface area contributed by atoms with E-state index in [9.17, 15) is 4.79 Å². The molecular weight excluding hydrogens is 1020 g/mol. The quantitative estimate of drug-likeness (QED) is 0.0771. The van der Waals surface area contributed by atoms with Crippen molar-refractivity contribution < 1.29 is 38.0 Å². The third-order valence-corrected chi connectivity index (χ3v) is 25.9. The van der Waals surface area contributed by atoms with Crippen molar-refractivity contribution in [3.8, 4) is 11.5 Å². The van der Waals surface area contributed by atoms with Crippen LogP contribution in [0.2, 0.25) is 0 Å². The summed E-state index contributed by atoms with van der Waals surface area (Å²) in [6, 6.07) is 17.9. The monoisotopic (exact) mass is 1090 g/mol. The molecule has 2 heterocycles. The number of carbonyl (C=O) groups is 1. The number of hydrogen-bond acceptors (Lipinski definition) is 8. The van der Waals surface area contributed by atoms with E-state index in [1.165, 1.54) is 50.5 Å². The first kappa shape index (κ1) is 48.0. The summed E-state index contributed by atoms with van der Waals surface area (Å²) in [6.45, 7) is 16.6. The van der Waals surface area contributed by atoms with Gasteiger partial charge in [-0.15, -0.1) is 0 Å². The largest absolute Gasteiger partial charge is 0.493 e. The SMILES string of the molecule is CC1=C2CCC3C4C2=C2C5=c6c7c8c9c%10c6C6(C(C)=C%10CCC=9C9=C8C8C%10=C7C5=C4C4C3CCC(C8CC9)C%104)C12C6(CCCC(=O)OCc1cc(OCCCOCC2(C)COC2)cc(OCCCOCC2(C)COC2)c1)c1ccccc1. The summed E-state index contributed by atoms with van der Waals surface area (Å²) in [6.07, 6.45) is 14.1. The van der Waals surface area contributed by atoms with Crippen LogP contribution < -0.4 is 19.9 Å². The highest BCUT2D eigenvalue weighted by molar-refractivity contribution is 6.19.